The van der Waals surface area contributed by atoms with Gasteiger partial charge in [0.2, 0.25) is 0 Å². The summed E-state index contributed by atoms with van der Waals surface area (Å²) in [6.45, 7) is 12.9. The van der Waals surface area contributed by atoms with Crippen LogP contribution in [-0.4, -0.2) is 33.5 Å². The van der Waals surface area contributed by atoms with E-state index in [1.54, 1.807) is 0 Å². The summed E-state index contributed by atoms with van der Waals surface area (Å²) in [4.78, 5) is 10.6. The zero-order valence-corrected chi connectivity index (χ0v) is 14.4. The topological polar surface area (TPSA) is 55.8 Å². The van der Waals surface area contributed by atoms with Gasteiger partial charge in [0.15, 0.2) is 22.4 Å². The fraction of sp³-hybridized carbons (Fsp3) is 0.917. The minimum Gasteiger partial charge on any atom is -0.481 e. The van der Waals surface area contributed by atoms with E-state index < -0.39 is 28.4 Å². The van der Waals surface area contributed by atoms with Crippen LogP contribution in [-0.2, 0) is 13.6 Å². The van der Waals surface area contributed by atoms with Crippen molar-refractivity contribution in [2.24, 2.45) is 5.92 Å². The number of aliphatic carboxylic acids is 1. The Hall–Kier alpha value is -0.176. The standard InChI is InChI=1S/C12H26O4Si2/c1-17(2,3)15-12(16-18(4,5)6)9-10(12)7-8-11(13)14/h10H,7-9H2,1-6H3,(H,13,14). The van der Waals surface area contributed by atoms with E-state index in [-0.39, 0.29) is 12.3 Å². The second-order valence-electron chi connectivity index (χ2n) is 7.07. The molecule has 1 rings (SSSR count). The van der Waals surface area contributed by atoms with Gasteiger partial charge in [0.05, 0.1) is 0 Å². The second kappa shape index (κ2) is 5.07. The van der Waals surface area contributed by atoms with Gasteiger partial charge in [-0.3, -0.25) is 4.79 Å². The zero-order chi connectivity index (χ0) is 14.2. The molecule has 0 aliphatic heterocycles. The monoisotopic (exact) mass is 290 g/mol. The van der Waals surface area contributed by atoms with E-state index >= 15 is 0 Å². The second-order valence-corrected chi connectivity index (χ2v) is 15.9. The predicted molar refractivity (Wildman–Crippen MR) is 76.6 cm³/mol. The normalized spacial score (nSPS) is 22.9. The molecule has 0 aromatic carbocycles. The van der Waals surface area contributed by atoms with Crippen LogP contribution >= 0.6 is 0 Å². The average Bonchev–Trinajstić information content (AvgIpc) is 2.67. The molecule has 18 heavy (non-hydrogen) atoms. The van der Waals surface area contributed by atoms with Gasteiger partial charge in [-0.2, -0.15) is 0 Å². The number of carboxylic acids is 1. The van der Waals surface area contributed by atoms with Crippen LogP contribution in [0, 0.1) is 5.92 Å². The Morgan fingerprint density at radius 2 is 1.61 bits per heavy atom. The van der Waals surface area contributed by atoms with E-state index in [2.05, 4.69) is 39.3 Å². The Kier molecular flexibility index (Phi) is 4.47. The molecule has 0 spiro atoms. The van der Waals surface area contributed by atoms with Crippen molar-refractivity contribution in [3.8, 4) is 0 Å². The predicted octanol–water partition coefficient (Wildman–Crippen LogP) is 3.27. The SMILES string of the molecule is C[Si](C)(C)OC1(O[Si](C)(C)C)CC1CCC(=O)O. The summed E-state index contributed by atoms with van der Waals surface area (Å²) in [5.74, 6) is -0.950. The Morgan fingerprint density at radius 3 is 1.94 bits per heavy atom. The molecule has 0 amide bonds. The highest BCUT2D eigenvalue weighted by Gasteiger charge is 2.59. The summed E-state index contributed by atoms with van der Waals surface area (Å²) >= 11 is 0. The highest BCUT2D eigenvalue weighted by atomic mass is 28.4. The Labute approximate surface area is 112 Å². The molecule has 0 saturated heterocycles. The van der Waals surface area contributed by atoms with Crippen molar-refractivity contribution >= 4 is 22.6 Å². The molecule has 0 aromatic heterocycles. The average molecular weight is 291 g/mol. The number of carbonyl (C=O) groups is 1. The van der Waals surface area contributed by atoms with Crippen LogP contribution in [0.1, 0.15) is 19.3 Å². The number of carboxylic acid groups (broad SMARTS) is 1. The van der Waals surface area contributed by atoms with E-state index in [4.69, 9.17) is 14.0 Å². The van der Waals surface area contributed by atoms with Crippen LogP contribution in [0.3, 0.4) is 0 Å². The number of hydrogen-bond acceptors (Lipinski definition) is 3. The van der Waals surface area contributed by atoms with Crippen molar-refractivity contribution in [1.29, 1.82) is 0 Å². The molecule has 106 valence electrons. The summed E-state index contributed by atoms with van der Waals surface area (Å²) in [6, 6.07) is 0. The van der Waals surface area contributed by atoms with Crippen molar-refractivity contribution in [3.05, 3.63) is 0 Å². The van der Waals surface area contributed by atoms with Crippen molar-refractivity contribution in [2.75, 3.05) is 0 Å². The lowest BCUT2D eigenvalue weighted by Crippen LogP contribution is -2.42. The lowest BCUT2D eigenvalue weighted by atomic mass is 10.2. The molecule has 0 radical (unpaired) electrons. The number of rotatable bonds is 7. The molecule has 1 N–H and O–H groups in total. The van der Waals surface area contributed by atoms with Gasteiger partial charge in [-0.1, -0.05) is 0 Å². The van der Waals surface area contributed by atoms with Crippen molar-refractivity contribution < 1.29 is 18.8 Å². The van der Waals surface area contributed by atoms with Crippen molar-refractivity contribution in [1.82, 2.24) is 0 Å². The molecule has 1 atom stereocenters. The lowest BCUT2D eigenvalue weighted by molar-refractivity contribution is -0.137. The van der Waals surface area contributed by atoms with Crippen molar-refractivity contribution in [2.45, 2.75) is 64.3 Å². The van der Waals surface area contributed by atoms with Crippen LogP contribution in [0.5, 0.6) is 0 Å². The van der Waals surface area contributed by atoms with Gasteiger partial charge in [0, 0.05) is 18.8 Å². The number of hydrogen-bond donors (Lipinski definition) is 1. The van der Waals surface area contributed by atoms with Gasteiger partial charge in [0.25, 0.3) is 0 Å². The van der Waals surface area contributed by atoms with Gasteiger partial charge in [0.1, 0.15) is 0 Å². The third-order valence-corrected chi connectivity index (χ3v) is 4.57. The maximum Gasteiger partial charge on any atom is 0.303 e. The molecule has 0 aromatic rings. The zero-order valence-electron chi connectivity index (χ0n) is 12.4. The Morgan fingerprint density at radius 1 is 1.17 bits per heavy atom. The highest BCUT2D eigenvalue weighted by Crippen LogP contribution is 2.53. The van der Waals surface area contributed by atoms with Crippen LogP contribution in [0.4, 0.5) is 0 Å². The molecule has 1 saturated carbocycles. The molecule has 1 aliphatic rings. The first-order valence-corrected chi connectivity index (χ1v) is 13.4. The summed E-state index contributed by atoms with van der Waals surface area (Å²) in [5.41, 5.74) is 0. The summed E-state index contributed by atoms with van der Waals surface area (Å²) in [5, 5.41) is 8.76. The van der Waals surface area contributed by atoms with Gasteiger partial charge >= 0.3 is 5.97 Å². The van der Waals surface area contributed by atoms with E-state index in [9.17, 15) is 4.79 Å². The molecular formula is C12H26O4Si2. The minimum absolute atomic E-state index is 0.205. The van der Waals surface area contributed by atoms with Gasteiger partial charge in [-0.25, -0.2) is 0 Å². The lowest BCUT2D eigenvalue weighted by Gasteiger charge is -2.33. The molecular weight excluding hydrogens is 264 g/mol. The van der Waals surface area contributed by atoms with Crippen LogP contribution < -0.4 is 0 Å². The first-order valence-electron chi connectivity index (χ1n) is 6.56. The van der Waals surface area contributed by atoms with Crippen LogP contribution in [0.2, 0.25) is 39.3 Å². The molecule has 0 bridgehead atoms. The maximum atomic E-state index is 10.6. The van der Waals surface area contributed by atoms with Gasteiger partial charge in [-0.15, -0.1) is 0 Å². The highest BCUT2D eigenvalue weighted by molar-refractivity contribution is 6.71. The Balaban J connectivity index is 2.65. The van der Waals surface area contributed by atoms with Crippen LogP contribution in [0.15, 0.2) is 0 Å². The summed E-state index contributed by atoms with van der Waals surface area (Å²) in [6.07, 6.45) is 1.72. The first-order chi connectivity index (χ1) is 7.94. The fourth-order valence-corrected chi connectivity index (χ4v) is 4.95. The smallest absolute Gasteiger partial charge is 0.303 e. The maximum absolute atomic E-state index is 10.6. The van der Waals surface area contributed by atoms with E-state index in [1.165, 1.54) is 0 Å². The third-order valence-electron chi connectivity index (χ3n) is 2.66. The first kappa shape index (κ1) is 15.9. The molecule has 0 heterocycles. The van der Waals surface area contributed by atoms with E-state index in [1.807, 2.05) is 0 Å². The van der Waals surface area contributed by atoms with Crippen molar-refractivity contribution in [3.63, 3.8) is 0 Å². The van der Waals surface area contributed by atoms with Crippen LogP contribution in [0.25, 0.3) is 0 Å². The molecule has 1 aliphatic carbocycles. The fourth-order valence-electron chi connectivity index (χ4n) is 2.21. The minimum atomic E-state index is -1.68. The molecule has 1 fully saturated rings. The largest absolute Gasteiger partial charge is 0.481 e. The summed E-state index contributed by atoms with van der Waals surface area (Å²) in [7, 11) is -3.36. The third kappa shape index (κ3) is 5.21. The molecule has 1 unspecified atom stereocenters. The summed E-state index contributed by atoms with van der Waals surface area (Å²) < 4.78 is 12.4. The molecule has 6 heteroatoms. The molecule has 4 nitrogen and oxygen atoms in total. The quantitative estimate of drug-likeness (QED) is 0.577. The van der Waals surface area contributed by atoms with Gasteiger partial charge in [-0.05, 0) is 45.7 Å². The Bertz CT molecular complexity index is 301. The van der Waals surface area contributed by atoms with E-state index in [0.717, 1.165) is 6.42 Å². The van der Waals surface area contributed by atoms with E-state index in [0.29, 0.717) is 6.42 Å². The van der Waals surface area contributed by atoms with Gasteiger partial charge < -0.3 is 14.0 Å².